The van der Waals surface area contributed by atoms with Crippen LogP contribution < -0.4 is 5.32 Å². The lowest BCUT2D eigenvalue weighted by Gasteiger charge is -2.29. The molecule has 0 spiro atoms. The van der Waals surface area contributed by atoms with E-state index >= 15 is 0 Å². The largest absolute Gasteiger partial charge is 0.347 e. The van der Waals surface area contributed by atoms with Gasteiger partial charge in [0.25, 0.3) is 5.91 Å². The maximum absolute atomic E-state index is 12.6. The predicted octanol–water partition coefficient (Wildman–Crippen LogP) is 3.92. The van der Waals surface area contributed by atoms with E-state index in [9.17, 15) is 4.79 Å². The van der Waals surface area contributed by atoms with Crippen molar-refractivity contribution in [3.63, 3.8) is 0 Å². The molecule has 0 aliphatic rings. The molecule has 106 valence electrons. The SMILES string of the molecule is CCC(C)(CCBr)NC(=O)c1cccc2ncccc12. The van der Waals surface area contributed by atoms with E-state index < -0.39 is 0 Å². The topological polar surface area (TPSA) is 42.0 Å². The van der Waals surface area contributed by atoms with Crippen molar-refractivity contribution < 1.29 is 4.79 Å². The van der Waals surface area contributed by atoms with Gasteiger partial charge in [-0.15, -0.1) is 0 Å². The van der Waals surface area contributed by atoms with Crippen LogP contribution in [-0.2, 0) is 0 Å². The number of rotatable bonds is 5. The van der Waals surface area contributed by atoms with Crippen LogP contribution in [0, 0.1) is 0 Å². The lowest BCUT2D eigenvalue weighted by atomic mass is 9.94. The highest BCUT2D eigenvalue weighted by Crippen LogP contribution is 2.20. The second kappa shape index (κ2) is 6.35. The van der Waals surface area contributed by atoms with Crippen LogP contribution in [0.25, 0.3) is 10.9 Å². The van der Waals surface area contributed by atoms with Crippen LogP contribution in [0.3, 0.4) is 0 Å². The zero-order chi connectivity index (χ0) is 14.6. The molecule has 1 atom stereocenters. The van der Waals surface area contributed by atoms with E-state index in [0.717, 1.165) is 29.1 Å². The molecule has 3 nitrogen and oxygen atoms in total. The summed E-state index contributed by atoms with van der Waals surface area (Å²) in [5.74, 6) is -0.0334. The quantitative estimate of drug-likeness (QED) is 0.842. The van der Waals surface area contributed by atoms with Gasteiger partial charge in [0.1, 0.15) is 0 Å². The molecule has 1 unspecified atom stereocenters. The summed E-state index contributed by atoms with van der Waals surface area (Å²) < 4.78 is 0. The van der Waals surface area contributed by atoms with Crippen molar-refractivity contribution >= 4 is 32.7 Å². The zero-order valence-electron chi connectivity index (χ0n) is 11.8. The molecular formula is C16H19BrN2O. The van der Waals surface area contributed by atoms with Crippen molar-refractivity contribution in [1.29, 1.82) is 0 Å². The Morgan fingerprint density at radius 3 is 2.85 bits per heavy atom. The molecule has 2 rings (SSSR count). The Labute approximate surface area is 127 Å². The van der Waals surface area contributed by atoms with Crippen LogP contribution in [0.4, 0.5) is 0 Å². The Hall–Kier alpha value is -1.42. The molecule has 0 bridgehead atoms. The van der Waals surface area contributed by atoms with Crippen molar-refractivity contribution in [2.45, 2.75) is 32.2 Å². The number of carbonyl (C=O) groups is 1. The molecule has 0 radical (unpaired) electrons. The minimum absolute atomic E-state index is 0.0334. The number of aromatic nitrogens is 1. The van der Waals surface area contributed by atoms with E-state index in [1.807, 2.05) is 30.3 Å². The Bertz CT molecular complexity index is 609. The molecule has 0 fully saturated rings. The van der Waals surface area contributed by atoms with Crippen LogP contribution in [0.15, 0.2) is 36.5 Å². The fourth-order valence-electron chi connectivity index (χ4n) is 2.18. The third-order valence-corrected chi connectivity index (χ3v) is 4.13. The summed E-state index contributed by atoms with van der Waals surface area (Å²) in [5.41, 5.74) is 1.34. The first-order valence-electron chi connectivity index (χ1n) is 6.82. The molecule has 1 amide bonds. The molecule has 4 heteroatoms. The van der Waals surface area contributed by atoms with Crippen molar-refractivity contribution in [1.82, 2.24) is 10.3 Å². The Morgan fingerprint density at radius 1 is 1.35 bits per heavy atom. The summed E-state index contributed by atoms with van der Waals surface area (Å²) in [5, 5.41) is 4.92. The highest BCUT2D eigenvalue weighted by Gasteiger charge is 2.24. The average Bonchev–Trinajstić information content (AvgIpc) is 2.46. The number of amides is 1. The van der Waals surface area contributed by atoms with Gasteiger partial charge in [0, 0.05) is 28.0 Å². The van der Waals surface area contributed by atoms with E-state index in [4.69, 9.17) is 0 Å². The first-order chi connectivity index (χ1) is 9.59. The van der Waals surface area contributed by atoms with Gasteiger partial charge in [-0.25, -0.2) is 0 Å². The predicted molar refractivity (Wildman–Crippen MR) is 86.3 cm³/mol. The number of hydrogen-bond donors (Lipinski definition) is 1. The number of hydrogen-bond acceptors (Lipinski definition) is 2. The summed E-state index contributed by atoms with van der Waals surface area (Å²) in [6.45, 7) is 4.17. The lowest BCUT2D eigenvalue weighted by molar-refractivity contribution is 0.0903. The van der Waals surface area contributed by atoms with Gasteiger partial charge in [0.2, 0.25) is 0 Å². The normalized spacial score (nSPS) is 13.9. The van der Waals surface area contributed by atoms with E-state index in [1.54, 1.807) is 6.20 Å². The highest BCUT2D eigenvalue weighted by molar-refractivity contribution is 9.09. The fourth-order valence-corrected chi connectivity index (χ4v) is 3.05. The van der Waals surface area contributed by atoms with Crippen molar-refractivity contribution in [3.05, 3.63) is 42.1 Å². The van der Waals surface area contributed by atoms with Gasteiger partial charge in [-0.05, 0) is 38.0 Å². The van der Waals surface area contributed by atoms with Crippen LogP contribution in [0.1, 0.15) is 37.0 Å². The van der Waals surface area contributed by atoms with Gasteiger partial charge in [0.05, 0.1) is 5.52 Å². The van der Waals surface area contributed by atoms with Crippen LogP contribution in [-0.4, -0.2) is 21.8 Å². The molecule has 0 saturated heterocycles. The summed E-state index contributed by atoms with van der Waals surface area (Å²) in [4.78, 5) is 16.8. The van der Waals surface area contributed by atoms with Crippen LogP contribution >= 0.6 is 15.9 Å². The molecule has 1 aromatic carbocycles. The van der Waals surface area contributed by atoms with E-state index in [2.05, 4.69) is 40.1 Å². The van der Waals surface area contributed by atoms with Gasteiger partial charge in [-0.2, -0.15) is 0 Å². The first-order valence-corrected chi connectivity index (χ1v) is 7.94. The van der Waals surface area contributed by atoms with Gasteiger partial charge < -0.3 is 5.32 Å². The van der Waals surface area contributed by atoms with Crippen molar-refractivity contribution in [3.8, 4) is 0 Å². The smallest absolute Gasteiger partial charge is 0.252 e. The molecule has 1 N–H and O–H groups in total. The standard InChI is InChI=1S/C16H19BrN2O/c1-3-16(2,9-10-17)19-15(20)13-6-4-8-14-12(13)7-5-11-18-14/h4-8,11H,3,9-10H2,1-2H3,(H,19,20). The van der Waals surface area contributed by atoms with Gasteiger partial charge in [-0.3, -0.25) is 9.78 Å². The number of benzene rings is 1. The molecular weight excluding hydrogens is 316 g/mol. The highest BCUT2D eigenvalue weighted by atomic mass is 79.9. The van der Waals surface area contributed by atoms with Crippen LogP contribution in [0.2, 0.25) is 0 Å². The zero-order valence-corrected chi connectivity index (χ0v) is 13.4. The number of pyridine rings is 1. The van der Waals surface area contributed by atoms with Gasteiger partial charge in [0.15, 0.2) is 0 Å². The van der Waals surface area contributed by atoms with Gasteiger partial charge in [-0.1, -0.05) is 35.0 Å². The number of fused-ring (bicyclic) bond motifs is 1. The van der Waals surface area contributed by atoms with E-state index in [0.29, 0.717) is 5.56 Å². The second-order valence-electron chi connectivity index (χ2n) is 5.18. The number of carbonyl (C=O) groups excluding carboxylic acids is 1. The fraction of sp³-hybridized carbons (Fsp3) is 0.375. The molecule has 20 heavy (non-hydrogen) atoms. The second-order valence-corrected chi connectivity index (χ2v) is 5.98. The number of nitrogens with zero attached hydrogens (tertiary/aromatic N) is 1. The Balaban J connectivity index is 2.32. The molecule has 0 saturated carbocycles. The molecule has 1 aromatic heterocycles. The molecule has 2 aromatic rings. The minimum atomic E-state index is -0.190. The first kappa shape index (κ1) is 15.0. The summed E-state index contributed by atoms with van der Waals surface area (Å²) >= 11 is 3.45. The third kappa shape index (κ3) is 3.18. The third-order valence-electron chi connectivity index (χ3n) is 3.73. The average molecular weight is 335 g/mol. The lowest BCUT2D eigenvalue weighted by Crippen LogP contribution is -2.45. The summed E-state index contributed by atoms with van der Waals surface area (Å²) in [6.07, 6.45) is 3.54. The van der Waals surface area contributed by atoms with E-state index in [1.165, 1.54) is 0 Å². The monoisotopic (exact) mass is 334 g/mol. The molecule has 0 aliphatic heterocycles. The van der Waals surface area contributed by atoms with E-state index in [-0.39, 0.29) is 11.4 Å². The number of alkyl halides is 1. The Morgan fingerprint density at radius 2 is 2.15 bits per heavy atom. The summed E-state index contributed by atoms with van der Waals surface area (Å²) in [7, 11) is 0. The van der Waals surface area contributed by atoms with Crippen molar-refractivity contribution in [2.75, 3.05) is 5.33 Å². The van der Waals surface area contributed by atoms with Crippen LogP contribution in [0.5, 0.6) is 0 Å². The summed E-state index contributed by atoms with van der Waals surface area (Å²) in [6, 6.07) is 9.44. The molecule has 0 aliphatic carbocycles. The van der Waals surface area contributed by atoms with Crippen molar-refractivity contribution in [2.24, 2.45) is 0 Å². The minimum Gasteiger partial charge on any atom is -0.347 e. The maximum Gasteiger partial charge on any atom is 0.252 e. The number of halogens is 1. The number of nitrogens with one attached hydrogen (secondary N) is 1. The Kier molecular flexibility index (Phi) is 4.76. The molecule has 1 heterocycles. The maximum atomic E-state index is 12.6. The van der Waals surface area contributed by atoms with Gasteiger partial charge >= 0.3 is 0 Å².